The second kappa shape index (κ2) is 10.1. The molecule has 0 aromatic heterocycles. The predicted octanol–water partition coefficient (Wildman–Crippen LogP) is 3.08. The number of nitrogens with zero attached hydrogens (tertiary/aromatic N) is 1. The normalized spacial score (nSPS) is 12.1. The van der Waals surface area contributed by atoms with Gasteiger partial charge in [0.1, 0.15) is 11.5 Å². The van der Waals surface area contributed by atoms with E-state index in [-0.39, 0.29) is 18.4 Å². The Morgan fingerprint density at radius 1 is 1.07 bits per heavy atom. The number of hydrogen-bond acceptors (Lipinski definition) is 5. The molecule has 0 aliphatic carbocycles. The van der Waals surface area contributed by atoms with Crippen LogP contribution in [-0.2, 0) is 4.79 Å². The lowest BCUT2D eigenvalue weighted by Gasteiger charge is -2.14. The van der Waals surface area contributed by atoms with Gasteiger partial charge in [-0.1, -0.05) is 30.3 Å². The molecular formula is C21H25N3O4. The van der Waals surface area contributed by atoms with Crippen molar-refractivity contribution < 1.29 is 19.1 Å². The number of carbonyl (C=O) groups is 2. The van der Waals surface area contributed by atoms with Crippen LogP contribution in [0.25, 0.3) is 0 Å². The van der Waals surface area contributed by atoms with Crippen molar-refractivity contribution in [3.05, 3.63) is 59.7 Å². The van der Waals surface area contributed by atoms with E-state index in [1.165, 1.54) is 14.2 Å². The van der Waals surface area contributed by atoms with Crippen molar-refractivity contribution in [3.8, 4) is 11.5 Å². The Labute approximate surface area is 164 Å². The lowest BCUT2D eigenvalue weighted by molar-refractivity contribution is -0.120. The van der Waals surface area contributed by atoms with Gasteiger partial charge in [-0.3, -0.25) is 9.59 Å². The second-order valence-corrected chi connectivity index (χ2v) is 6.23. The third-order valence-electron chi connectivity index (χ3n) is 4.10. The van der Waals surface area contributed by atoms with Gasteiger partial charge in [-0.25, -0.2) is 5.43 Å². The molecule has 1 unspecified atom stereocenters. The molecule has 2 aromatic carbocycles. The van der Waals surface area contributed by atoms with Crippen LogP contribution in [0.1, 0.15) is 42.2 Å². The van der Waals surface area contributed by atoms with Gasteiger partial charge in [0, 0.05) is 11.8 Å². The molecule has 2 rings (SSSR count). The highest BCUT2D eigenvalue weighted by Gasteiger charge is 2.14. The maximum absolute atomic E-state index is 12.3. The monoisotopic (exact) mass is 383 g/mol. The summed E-state index contributed by atoms with van der Waals surface area (Å²) in [5.74, 6) is 0.349. The minimum absolute atomic E-state index is 0.0806. The highest BCUT2D eigenvalue weighted by molar-refractivity contribution is 6.02. The van der Waals surface area contributed by atoms with Gasteiger partial charge in [-0.2, -0.15) is 5.10 Å². The predicted molar refractivity (Wildman–Crippen MR) is 108 cm³/mol. The standard InChI is InChI=1S/C21H25N3O4/c1-14(12-20(25)22-15(2)16-8-6-5-7-9-16)23-24-21(26)18-11-10-17(27-3)13-19(18)28-4/h5-11,13,15H,12H2,1-4H3,(H,22,25)(H,24,26)/b23-14+. The molecule has 0 saturated carbocycles. The maximum atomic E-state index is 12.3. The van der Waals surface area contributed by atoms with Crippen LogP contribution in [0.5, 0.6) is 11.5 Å². The van der Waals surface area contributed by atoms with Crippen molar-refractivity contribution in [2.45, 2.75) is 26.3 Å². The Balaban J connectivity index is 1.93. The highest BCUT2D eigenvalue weighted by Crippen LogP contribution is 2.24. The summed E-state index contributed by atoms with van der Waals surface area (Å²) in [4.78, 5) is 24.5. The number of nitrogens with one attached hydrogen (secondary N) is 2. The molecule has 7 nitrogen and oxygen atoms in total. The fourth-order valence-corrected chi connectivity index (χ4v) is 2.58. The topological polar surface area (TPSA) is 89.0 Å². The summed E-state index contributed by atoms with van der Waals surface area (Å²) in [7, 11) is 3.00. The first-order chi connectivity index (χ1) is 13.4. The van der Waals surface area contributed by atoms with Crippen molar-refractivity contribution in [3.63, 3.8) is 0 Å². The largest absolute Gasteiger partial charge is 0.497 e. The third kappa shape index (κ3) is 5.84. The lowest BCUT2D eigenvalue weighted by atomic mass is 10.1. The molecule has 0 bridgehead atoms. The molecule has 2 aromatic rings. The number of amides is 2. The van der Waals surface area contributed by atoms with Gasteiger partial charge < -0.3 is 14.8 Å². The fraction of sp³-hybridized carbons (Fsp3) is 0.286. The molecule has 0 heterocycles. The second-order valence-electron chi connectivity index (χ2n) is 6.23. The van der Waals surface area contributed by atoms with Crippen LogP contribution in [0, 0.1) is 0 Å². The molecule has 0 fully saturated rings. The molecule has 0 aliphatic heterocycles. The van der Waals surface area contributed by atoms with Gasteiger partial charge >= 0.3 is 0 Å². The third-order valence-corrected chi connectivity index (χ3v) is 4.10. The molecule has 28 heavy (non-hydrogen) atoms. The zero-order valence-corrected chi connectivity index (χ0v) is 16.5. The Kier molecular flexibility index (Phi) is 7.56. The molecule has 7 heteroatoms. The number of ether oxygens (including phenoxy) is 2. The van der Waals surface area contributed by atoms with E-state index < -0.39 is 5.91 Å². The fourth-order valence-electron chi connectivity index (χ4n) is 2.58. The van der Waals surface area contributed by atoms with Crippen LogP contribution in [0.4, 0.5) is 0 Å². The molecule has 148 valence electrons. The summed E-state index contributed by atoms with van der Waals surface area (Å²) in [6.07, 6.45) is 0.0806. The Morgan fingerprint density at radius 3 is 2.43 bits per heavy atom. The van der Waals surface area contributed by atoms with Crippen molar-refractivity contribution in [1.82, 2.24) is 10.7 Å². The SMILES string of the molecule is COc1ccc(C(=O)N/N=C(\C)CC(=O)NC(C)c2ccccc2)c(OC)c1. The van der Waals surface area contributed by atoms with Gasteiger partial charge in [0.05, 0.1) is 32.2 Å². The van der Waals surface area contributed by atoms with Crippen molar-refractivity contribution in [2.24, 2.45) is 5.10 Å². The molecule has 1 atom stereocenters. The molecule has 0 saturated heterocycles. The first-order valence-corrected chi connectivity index (χ1v) is 8.84. The zero-order chi connectivity index (χ0) is 20.5. The summed E-state index contributed by atoms with van der Waals surface area (Å²) in [5, 5.41) is 6.92. The highest BCUT2D eigenvalue weighted by atomic mass is 16.5. The average Bonchev–Trinajstić information content (AvgIpc) is 2.71. The number of hydrogen-bond donors (Lipinski definition) is 2. The molecule has 0 aliphatic rings. The summed E-state index contributed by atoms with van der Waals surface area (Å²) in [6.45, 7) is 3.59. The maximum Gasteiger partial charge on any atom is 0.275 e. The number of benzene rings is 2. The van der Waals surface area contributed by atoms with Crippen LogP contribution < -0.4 is 20.2 Å². The minimum Gasteiger partial charge on any atom is -0.497 e. The molecule has 2 amide bonds. The van der Waals surface area contributed by atoms with Gasteiger partial charge in [-0.15, -0.1) is 0 Å². The van der Waals surface area contributed by atoms with Crippen molar-refractivity contribution >= 4 is 17.5 Å². The Bertz CT molecular complexity index is 850. The summed E-state index contributed by atoms with van der Waals surface area (Å²) < 4.78 is 10.3. The van der Waals surface area contributed by atoms with E-state index in [2.05, 4.69) is 15.8 Å². The van der Waals surface area contributed by atoms with E-state index in [1.54, 1.807) is 25.1 Å². The smallest absolute Gasteiger partial charge is 0.275 e. The van der Waals surface area contributed by atoms with E-state index >= 15 is 0 Å². The van der Waals surface area contributed by atoms with Gasteiger partial charge in [0.15, 0.2) is 0 Å². The zero-order valence-electron chi connectivity index (χ0n) is 16.5. The Morgan fingerprint density at radius 2 is 1.79 bits per heavy atom. The summed E-state index contributed by atoms with van der Waals surface area (Å²) in [6, 6.07) is 14.4. The molecule has 2 N–H and O–H groups in total. The van der Waals surface area contributed by atoms with Crippen LogP contribution >= 0.6 is 0 Å². The first kappa shape index (κ1) is 21.0. The number of rotatable bonds is 8. The average molecular weight is 383 g/mol. The van der Waals surface area contributed by atoms with Crippen LogP contribution in [-0.4, -0.2) is 31.7 Å². The van der Waals surface area contributed by atoms with Crippen LogP contribution in [0.2, 0.25) is 0 Å². The molecule has 0 spiro atoms. The van der Waals surface area contributed by atoms with Gasteiger partial charge in [0.2, 0.25) is 5.91 Å². The van der Waals surface area contributed by atoms with Gasteiger partial charge in [-0.05, 0) is 31.5 Å². The van der Waals surface area contributed by atoms with Crippen molar-refractivity contribution in [1.29, 1.82) is 0 Å². The van der Waals surface area contributed by atoms with E-state index in [1.807, 2.05) is 37.3 Å². The summed E-state index contributed by atoms with van der Waals surface area (Å²) >= 11 is 0. The number of hydrazone groups is 1. The quantitative estimate of drug-likeness (QED) is 0.542. The van der Waals surface area contributed by atoms with Crippen LogP contribution in [0.15, 0.2) is 53.6 Å². The molecular weight excluding hydrogens is 358 g/mol. The summed E-state index contributed by atoms with van der Waals surface area (Å²) in [5.41, 5.74) is 4.27. The number of carbonyl (C=O) groups excluding carboxylic acids is 2. The van der Waals surface area contributed by atoms with Crippen molar-refractivity contribution in [2.75, 3.05) is 14.2 Å². The Hall–Kier alpha value is -3.35. The first-order valence-electron chi connectivity index (χ1n) is 8.84. The lowest BCUT2D eigenvalue weighted by Crippen LogP contribution is -2.29. The van der Waals surface area contributed by atoms with E-state index in [9.17, 15) is 9.59 Å². The van der Waals surface area contributed by atoms with Crippen LogP contribution in [0.3, 0.4) is 0 Å². The molecule has 0 radical (unpaired) electrons. The van der Waals surface area contributed by atoms with E-state index in [4.69, 9.17) is 9.47 Å². The van der Waals surface area contributed by atoms with E-state index in [0.29, 0.717) is 22.8 Å². The van der Waals surface area contributed by atoms with Gasteiger partial charge in [0.25, 0.3) is 5.91 Å². The van der Waals surface area contributed by atoms with E-state index in [0.717, 1.165) is 5.56 Å². The number of methoxy groups -OCH3 is 2. The minimum atomic E-state index is -0.433.